The summed E-state index contributed by atoms with van der Waals surface area (Å²) < 4.78 is 15.7. The quantitative estimate of drug-likeness (QED) is 0.735. The highest BCUT2D eigenvalue weighted by molar-refractivity contribution is 5.84. The van der Waals surface area contributed by atoms with Gasteiger partial charge in [-0.1, -0.05) is 36.4 Å². The van der Waals surface area contributed by atoms with Gasteiger partial charge in [-0.25, -0.2) is 0 Å². The Labute approximate surface area is 153 Å². The second kappa shape index (κ2) is 9.46. The average molecular weight is 357 g/mol. The highest BCUT2D eigenvalue weighted by atomic mass is 16.5. The lowest BCUT2D eigenvalue weighted by Crippen LogP contribution is -2.33. The number of carbonyl (C=O) groups excluding carboxylic acids is 2. The predicted molar refractivity (Wildman–Crippen MR) is 97.2 cm³/mol. The van der Waals surface area contributed by atoms with Gasteiger partial charge in [-0.3, -0.25) is 9.59 Å². The topological polar surface area (TPSA) is 73.9 Å². The van der Waals surface area contributed by atoms with Gasteiger partial charge in [0.25, 0.3) is 5.91 Å². The molecule has 0 saturated carbocycles. The van der Waals surface area contributed by atoms with E-state index in [0.717, 1.165) is 5.56 Å². The third-order valence-corrected chi connectivity index (χ3v) is 3.79. The zero-order valence-corrected chi connectivity index (χ0v) is 15.2. The van der Waals surface area contributed by atoms with Crippen molar-refractivity contribution in [2.75, 3.05) is 20.8 Å². The van der Waals surface area contributed by atoms with E-state index in [1.54, 1.807) is 38.5 Å². The molecule has 138 valence electrons. The minimum Gasteiger partial charge on any atom is -0.493 e. The first-order chi connectivity index (χ1) is 12.5. The fourth-order valence-electron chi connectivity index (χ4n) is 2.53. The number of benzene rings is 2. The molecule has 0 radical (unpaired) electrons. The Kier molecular flexibility index (Phi) is 7.02. The van der Waals surface area contributed by atoms with Crippen LogP contribution in [0.5, 0.6) is 11.5 Å². The van der Waals surface area contributed by atoms with Crippen LogP contribution >= 0.6 is 0 Å². The zero-order valence-electron chi connectivity index (χ0n) is 15.2. The van der Waals surface area contributed by atoms with Crippen molar-refractivity contribution in [2.24, 2.45) is 0 Å². The van der Waals surface area contributed by atoms with Gasteiger partial charge in [-0.15, -0.1) is 0 Å². The Morgan fingerprint density at radius 1 is 1.00 bits per heavy atom. The molecule has 0 saturated heterocycles. The number of ether oxygens (including phenoxy) is 3. The normalized spacial score (nSPS) is 11.3. The van der Waals surface area contributed by atoms with Crippen molar-refractivity contribution in [3.63, 3.8) is 0 Å². The molecule has 0 spiro atoms. The molecule has 0 aliphatic heterocycles. The first-order valence-electron chi connectivity index (χ1n) is 8.26. The molecule has 1 N–H and O–H groups in total. The van der Waals surface area contributed by atoms with Crippen molar-refractivity contribution in [2.45, 2.75) is 19.4 Å². The molecule has 0 aliphatic rings. The maximum Gasteiger partial charge on any atom is 0.303 e. The summed E-state index contributed by atoms with van der Waals surface area (Å²) in [4.78, 5) is 23.8. The van der Waals surface area contributed by atoms with Gasteiger partial charge >= 0.3 is 5.97 Å². The molecule has 0 unspecified atom stereocenters. The van der Waals surface area contributed by atoms with E-state index in [2.05, 4.69) is 5.32 Å². The minimum absolute atomic E-state index is 0.355. The van der Waals surface area contributed by atoms with Gasteiger partial charge in [-0.05, 0) is 24.1 Å². The largest absolute Gasteiger partial charge is 0.493 e. The molecule has 0 aromatic heterocycles. The summed E-state index contributed by atoms with van der Waals surface area (Å²) in [5, 5.41) is 2.81. The number of methoxy groups -OCH3 is 2. The van der Waals surface area contributed by atoms with Crippen molar-refractivity contribution in [1.29, 1.82) is 0 Å². The summed E-state index contributed by atoms with van der Waals surface area (Å²) in [7, 11) is 3.16. The van der Waals surface area contributed by atoms with Crippen LogP contribution in [-0.2, 0) is 20.7 Å². The van der Waals surface area contributed by atoms with E-state index in [1.165, 1.54) is 6.92 Å². The number of hydrogen-bond acceptors (Lipinski definition) is 5. The maximum absolute atomic E-state index is 12.5. The highest BCUT2D eigenvalue weighted by Crippen LogP contribution is 2.27. The molecule has 0 aliphatic carbocycles. The monoisotopic (exact) mass is 357 g/mol. The van der Waals surface area contributed by atoms with Gasteiger partial charge in [0.15, 0.2) is 11.5 Å². The Bertz CT molecular complexity index is 745. The number of esters is 1. The summed E-state index contributed by atoms with van der Waals surface area (Å²) in [5.74, 6) is 0.429. The fraction of sp³-hybridized carbons (Fsp3) is 0.300. The van der Waals surface area contributed by atoms with Crippen LogP contribution in [0, 0.1) is 0 Å². The van der Waals surface area contributed by atoms with E-state index < -0.39 is 12.1 Å². The van der Waals surface area contributed by atoms with Crippen LogP contribution in [0.1, 0.15) is 24.2 Å². The van der Waals surface area contributed by atoms with Crippen molar-refractivity contribution in [1.82, 2.24) is 5.32 Å². The summed E-state index contributed by atoms with van der Waals surface area (Å²) in [6, 6.07) is 14.5. The summed E-state index contributed by atoms with van der Waals surface area (Å²) in [6.45, 7) is 1.69. The molecule has 0 heterocycles. The molecule has 2 aromatic rings. The smallest absolute Gasteiger partial charge is 0.303 e. The molecule has 2 aromatic carbocycles. The van der Waals surface area contributed by atoms with Crippen molar-refractivity contribution < 1.29 is 23.8 Å². The predicted octanol–water partition coefficient (Wildman–Crippen LogP) is 2.67. The number of nitrogens with one attached hydrogen (secondary N) is 1. The van der Waals surface area contributed by atoms with Crippen molar-refractivity contribution >= 4 is 11.9 Å². The van der Waals surface area contributed by atoms with Crippen LogP contribution in [0.3, 0.4) is 0 Å². The van der Waals surface area contributed by atoms with E-state index in [9.17, 15) is 9.59 Å². The highest BCUT2D eigenvalue weighted by Gasteiger charge is 2.23. The summed E-state index contributed by atoms with van der Waals surface area (Å²) >= 11 is 0. The molecule has 0 bridgehead atoms. The molecule has 26 heavy (non-hydrogen) atoms. The molecule has 2 rings (SSSR count). The number of rotatable bonds is 8. The lowest BCUT2D eigenvalue weighted by Gasteiger charge is -2.17. The second-order valence-electron chi connectivity index (χ2n) is 5.63. The second-order valence-corrected chi connectivity index (χ2v) is 5.63. The molecular weight excluding hydrogens is 334 g/mol. The van der Waals surface area contributed by atoms with E-state index in [4.69, 9.17) is 14.2 Å². The van der Waals surface area contributed by atoms with Gasteiger partial charge in [-0.2, -0.15) is 0 Å². The molecule has 1 amide bonds. The molecular formula is C20H23NO5. The third kappa shape index (κ3) is 5.24. The van der Waals surface area contributed by atoms with E-state index in [-0.39, 0.29) is 5.91 Å². The van der Waals surface area contributed by atoms with Gasteiger partial charge in [0.05, 0.1) is 14.2 Å². The molecule has 1 atom stereocenters. The first-order valence-corrected chi connectivity index (χ1v) is 8.26. The maximum atomic E-state index is 12.5. The summed E-state index contributed by atoms with van der Waals surface area (Å²) in [5.41, 5.74) is 1.62. The number of amides is 1. The van der Waals surface area contributed by atoms with Crippen LogP contribution in [0.15, 0.2) is 48.5 Å². The average Bonchev–Trinajstić information content (AvgIpc) is 2.66. The number of hydrogen-bond donors (Lipinski definition) is 1. The number of carbonyl (C=O) groups is 2. The van der Waals surface area contributed by atoms with Crippen molar-refractivity contribution in [3.8, 4) is 11.5 Å². The standard InChI is InChI=1S/C20H23NO5/c1-14(22)26-19(16-7-5-4-6-8-16)20(23)21-12-11-15-9-10-17(24-2)18(13-15)25-3/h4-10,13,19H,11-12H2,1-3H3,(H,21,23)/t19-/m0/s1. The third-order valence-electron chi connectivity index (χ3n) is 3.79. The van der Waals surface area contributed by atoms with E-state index >= 15 is 0 Å². The van der Waals surface area contributed by atoms with Crippen LogP contribution in [0.25, 0.3) is 0 Å². The summed E-state index contributed by atoms with van der Waals surface area (Å²) in [6.07, 6.45) is -0.354. The Balaban J connectivity index is 1.98. The van der Waals surface area contributed by atoms with Crippen LogP contribution in [0.4, 0.5) is 0 Å². The SMILES string of the molecule is COc1ccc(CCNC(=O)[C@@H](OC(C)=O)c2ccccc2)cc1OC. The fourth-order valence-corrected chi connectivity index (χ4v) is 2.53. The van der Waals surface area contributed by atoms with Gasteiger partial charge in [0.1, 0.15) is 0 Å². The molecule has 6 nitrogen and oxygen atoms in total. The lowest BCUT2D eigenvalue weighted by atomic mass is 10.1. The zero-order chi connectivity index (χ0) is 18.9. The van der Waals surface area contributed by atoms with Crippen LogP contribution in [-0.4, -0.2) is 32.6 Å². The Morgan fingerprint density at radius 2 is 1.69 bits per heavy atom. The van der Waals surface area contributed by atoms with Gasteiger partial charge < -0.3 is 19.5 Å². The van der Waals surface area contributed by atoms with E-state index in [0.29, 0.717) is 30.0 Å². The Morgan fingerprint density at radius 3 is 2.31 bits per heavy atom. The Hall–Kier alpha value is -3.02. The lowest BCUT2D eigenvalue weighted by molar-refractivity contribution is -0.154. The molecule has 6 heteroatoms. The van der Waals surface area contributed by atoms with E-state index in [1.807, 2.05) is 24.3 Å². The minimum atomic E-state index is -0.959. The molecule has 0 fully saturated rings. The van der Waals surface area contributed by atoms with Crippen LogP contribution in [0.2, 0.25) is 0 Å². The first kappa shape index (κ1) is 19.3. The van der Waals surface area contributed by atoms with Crippen LogP contribution < -0.4 is 14.8 Å². The van der Waals surface area contributed by atoms with Crippen molar-refractivity contribution in [3.05, 3.63) is 59.7 Å². The van der Waals surface area contributed by atoms with Gasteiger partial charge in [0, 0.05) is 19.0 Å². The van der Waals surface area contributed by atoms with Gasteiger partial charge in [0.2, 0.25) is 6.10 Å².